The smallest absolute Gasteiger partial charge is 0.261 e. The highest BCUT2D eigenvalue weighted by Crippen LogP contribution is 2.47. The van der Waals surface area contributed by atoms with Gasteiger partial charge < -0.3 is 15.8 Å². The second-order valence-corrected chi connectivity index (χ2v) is 4.61. The molecule has 1 aliphatic rings. The van der Waals surface area contributed by atoms with Crippen LogP contribution in [0.25, 0.3) is 10.4 Å². The molecule has 0 saturated heterocycles. The van der Waals surface area contributed by atoms with E-state index in [2.05, 4.69) is 15.5 Å². The number of amides is 1. The Morgan fingerprint density at radius 1 is 1.59 bits per heavy atom. The summed E-state index contributed by atoms with van der Waals surface area (Å²) in [4.78, 5) is 12.7. The number of ether oxygens (including phenoxy) is 1. The summed E-state index contributed by atoms with van der Waals surface area (Å²) >= 11 is 1.32. The summed E-state index contributed by atoms with van der Waals surface area (Å²) < 4.78 is 5.61. The molecule has 0 atom stereocenters. The number of nitrogens with one attached hydrogen (secondary N) is 2. The number of carbonyl (C=O) groups excluding carboxylic acids is 1. The first kappa shape index (κ1) is 10.2. The van der Waals surface area contributed by atoms with E-state index in [1.54, 1.807) is 12.4 Å². The number of nitrogens with zero attached hydrogens (tertiary/aromatic N) is 1. The minimum absolute atomic E-state index is 0.445. The number of fused-ring (bicyclic) bond motifs is 1. The van der Waals surface area contributed by atoms with Gasteiger partial charge in [-0.25, -0.2) is 0 Å². The summed E-state index contributed by atoms with van der Waals surface area (Å²) in [6.45, 7) is 1.25. The van der Waals surface area contributed by atoms with E-state index in [4.69, 9.17) is 10.5 Å². The third-order valence-corrected chi connectivity index (χ3v) is 3.73. The van der Waals surface area contributed by atoms with Crippen LogP contribution in [0.5, 0.6) is 5.75 Å². The lowest BCUT2D eigenvalue weighted by molar-refractivity contribution is 0.100. The lowest BCUT2D eigenvalue weighted by Crippen LogP contribution is -2.20. The van der Waals surface area contributed by atoms with Crippen molar-refractivity contribution >= 4 is 22.9 Å². The first-order valence-electron chi connectivity index (χ1n) is 5.10. The van der Waals surface area contributed by atoms with Crippen LogP contribution in [0, 0.1) is 0 Å². The van der Waals surface area contributed by atoms with Gasteiger partial charge in [0.2, 0.25) is 0 Å². The number of carbonyl (C=O) groups is 1. The molecule has 6 nitrogen and oxygen atoms in total. The van der Waals surface area contributed by atoms with E-state index >= 15 is 0 Å². The molecule has 1 amide bonds. The van der Waals surface area contributed by atoms with Crippen LogP contribution in [-0.2, 0) is 0 Å². The van der Waals surface area contributed by atoms with Gasteiger partial charge in [-0.3, -0.25) is 9.89 Å². The van der Waals surface area contributed by atoms with Gasteiger partial charge in [-0.05, 0) is 0 Å². The van der Waals surface area contributed by atoms with Crippen LogP contribution in [0.15, 0.2) is 12.4 Å². The largest absolute Gasteiger partial charge is 0.488 e. The van der Waals surface area contributed by atoms with Crippen LogP contribution in [0.4, 0.5) is 5.69 Å². The molecule has 0 aliphatic carbocycles. The molecule has 0 radical (unpaired) electrons. The number of hydrogen-bond acceptors (Lipinski definition) is 5. The average molecular weight is 250 g/mol. The van der Waals surface area contributed by atoms with E-state index in [-0.39, 0.29) is 0 Å². The van der Waals surface area contributed by atoms with Crippen molar-refractivity contribution in [1.82, 2.24) is 10.2 Å². The van der Waals surface area contributed by atoms with Crippen molar-refractivity contribution in [1.29, 1.82) is 0 Å². The summed E-state index contributed by atoms with van der Waals surface area (Å²) in [5.41, 5.74) is 6.95. The number of hydrogen-bond donors (Lipinski definition) is 3. The molecule has 17 heavy (non-hydrogen) atoms. The molecule has 88 valence electrons. The standard InChI is InChI=1S/C10H10N4O2S/c11-10(15)9-6-7(16-2-1-12-6)8(17-9)5-3-13-14-4-5/h3-4,12H,1-2H2,(H2,11,15)(H,13,14). The molecule has 1 aliphatic heterocycles. The van der Waals surface area contributed by atoms with Gasteiger partial charge in [0.15, 0.2) is 5.75 Å². The van der Waals surface area contributed by atoms with Gasteiger partial charge in [0.05, 0.1) is 11.1 Å². The maximum atomic E-state index is 11.4. The molecule has 0 saturated carbocycles. The van der Waals surface area contributed by atoms with E-state index in [9.17, 15) is 4.79 Å². The zero-order valence-electron chi connectivity index (χ0n) is 8.82. The van der Waals surface area contributed by atoms with Gasteiger partial charge in [0.1, 0.15) is 17.2 Å². The number of primary amides is 1. The number of anilines is 1. The summed E-state index contributed by atoms with van der Waals surface area (Å²) in [5.74, 6) is 0.246. The summed E-state index contributed by atoms with van der Waals surface area (Å²) in [5, 5.41) is 9.78. The molecule has 4 N–H and O–H groups in total. The monoisotopic (exact) mass is 250 g/mol. The van der Waals surface area contributed by atoms with Crippen molar-refractivity contribution in [3.8, 4) is 16.2 Å². The molecule has 0 fully saturated rings. The quantitative estimate of drug-likeness (QED) is 0.742. The minimum atomic E-state index is -0.445. The highest BCUT2D eigenvalue weighted by molar-refractivity contribution is 7.18. The highest BCUT2D eigenvalue weighted by Gasteiger charge is 2.26. The molecule has 7 heteroatoms. The van der Waals surface area contributed by atoms with Crippen LogP contribution >= 0.6 is 11.3 Å². The fraction of sp³-hybridized carbons (Fsp3) is 0.200. The fourth-order valence-electron chi connectivity index (χ4n) is 1.78. The van der Waals surface area contributed by atoms with Crippen molar-refractivity contribution < 1.29 is 9.53 Å². The minimum Gasteiger partial charge on any atom is -0.488 e. The number of thiophene rings is 1. The Morgan fingerprint density at radius 2 is 2.47 bits per heavy atom. The van der Waals surface area contributed by atoms with Crippen molar-refractivity contribution in [2.24, 2.45) is 5.73 Å². The van der Waals surface area contributed by atoms with E-state index in [1.165, 1.54) is 11.3 Å². The summed E-state index contributed by atoms with van der Waals surface area (Å²) in [6, 6.07) is 0. The molecule has 3 rings (SSSR count). The van der Waals surface area contributed by atoms with Crippen molar-refractivity contribution in [3.05, 3.63) is 17.3 Å². The maximum absolute atomic E-state index is 11.4. The van der Waals surface area contributed by atoms with Gasteiger partial charge in [0.25, 0.3) is 5.91 Å². The van der Waals surface area contributed by atoms with Crippen LogP contribution in [-0.4, -0.2) is 29.3 Å². The molecule has 0 spiro atoms. The first-order valence-corrected chi connectivity index (χ1v) is 5.91. The van der Waals surface area contributed by atoms with Gasteiger partial charge in [-0.2, -0.15) is 5.10 Å². The van der Waals surface area contributed by atoms with Gasteiger partial charge in [0, 0.05) is 18.3 Å². The average Bonchev–Trinajstić information content (AvgIpc) is 2.95. The predicted octanol–water partition coefficient (Wildman–Crippen LogP) is 1.04. The molecule has 2 aromatic heterocycles. The summed E-state index contributed by atoms with van der Waals surface area (Å²) in [7, 11) is 0. The van der Waals surface area contributed by atoms with Crippen molar-refractivity contribution in [2.75, 3.05) is 18.5 Å². The van der Waals surface area contributed by atoms with Crippen LogP contribution < -0.4 is 15.8 Å². The van der Waals surface area contributed by atoms with Gasteiger partial charge in [-0.15, -0.1) is 11.3 Å². The Labute approximate surface area is 101 Å². The van der Waals surface area contributed by atoms with Gasteiger partial charge >= 0.3 is 0 Å². The van der Waals surface area contributed by atoms with Crippen LogP contribution in [0.1, 0.15) is 9.67 Å². The van der Waals surface area contributed by atoms with Crippen LogP contribution in [0.2, 0.25) is 0 Å². The Bertz CT molecular complexity index is 561. The number of H-pyrrole nitrogens is 1. The maximum Gasteiger partial charge on any atom is 0.261 e. The third-order valence-electron chi connectivity index (χ3n) is 2.50. The van der Waals surface area contributed by atoms with E-state index in [0.717, 1.165) is 10.4 Å². The summed E-state index contributed by atoms with van der Waals surface area (Å²) in [6.07, 6.45) is 3.45. The lowest BCUT2D eigenvalue weighted by Gasteiger charge is -2.17. The fourth-order valence-corrected chi connectivity index (χ4v) is 2.84. The normalized spacial score (nSPS) is 13.6. The molecular formula is C10H10N4O2S. The Hall–Kier alpha value is -2.02. The lowest BCUT2D eigenvalue weighted by atomic mass is 10.2. The second-order valence-electron chi connectivity index (χ2n) is 3.59. The van der Waals surface area contributed by atoms with Crippen molar-refractivity contribution in [3.63, 3.8) is 0 Å². The number of rotatable bonds is 2. The molecule has 0 aromatic carbocycles. The number of nitrogens with two attached hydrogens (primary N) is 1. The zero-order chi connectivity index (χ0) is 11.8. The SMILES string of the molecule is NC(=O)c1sc(-c2cn[nH]c2)c2c1NCCO2. The van der Waals surface area contributed by atoms with E-state index in [1.807, 2.05) is 0 Å². The predicted molar refractivity (Wildman–Crippen MR) is 64.4 cm³/mol. The van der Waals surface area contributed by atoms with Gasteiger partial charge in [-0.1, -0.05) is 0 Å². The first-order chi connectivity index (χ1) is 8.27. The molecule has 3 heterocycles. The van der Waals surface area contributed by atoms with E-state index < -0.39 is 5.91 Å². The number of aromatic amines is 1. The Balaban J connectivity index is 2.19. The topological polar surface area (TPSA) is 93.0 Å². The second kappa shape index (κ2) is 3.77. The molecular weight excluding hydrogens is 240 g/mol. The number of aromatic nitrogens is 2. The zero-order valence-corrected chi connectivity index (χ0v) is 9.63. The molecule has 0 bridgehead atoms. The highest BCUT2D eigenvalue weighted by atomic mass is 32.1. The third kappa shape index (κ3) is 1.55. The van der Waals surface area contributed by atoms with E-state index in [0.29, 0.717) is 29.5 Å². The molecule has 0 unspecified atom stereocenters. The van der Waals surface area contributed by atoms with Crippen molar-refractivity contribution in [2.45, 2.75) is 0 Å². The Morgan fingerprint density at radius 3 is 3.18 bits per heavy atom. The van der Waals surface area contributed by atoms with Crippen LogP contribution in [0.3, 0.4) is 0 Å². The Kier molecular flexibility index (Phi) is 2.25. The molecule has 2 aromatic rings.